The molecule has 92 valence electrons. The Kier molecular flexibility index (Phi) is 4.82. The van der Waals surface area contributed by atoms with Crippen molar-refractivity contribution >= 4 is 5.78 Å². The van der Waals surface area contributed by atoms with Crippen molar-refractivity contribution in [3.05, 3.63) is 46.0 Å². The van der Waals surface area contributed by atoms with Gasteiger partial charge in [0.2, 0.25) is 6.54 Å². The normalized spacial score (nSPS) is 14.0. The lowest BCUT2D eigenvalue weighted by atomic mass is 9.84. The fourth-order valence-corrected chi connectivity index (χ4v) is 1.96. The van der Waals surface area contributed by atoms with Crippen LogP contribution < -0.4 is 0 Å². The summed E-state index contributed by atoms with van der Waals surface area (Å²) < 4.78 is 0. The van der Waals surface area contributed by atoms with Gasteiger partial charge in [-0.25, -0.2) is 0 Å². The smallest absolute Gasteiger partial charge is 0.211 e. The molecule has 0 fully saturated rings. The molecule has 0 bridgehead atoms. The predicted octanol–water partition coefficient (Wildman–Crippen LogP) is 2.66. The van der Waals surface area contributed by atoms with E-state index in [1.54, 1.807) is 13.8 Å². The zero-order valence-electron chi connectivity index (χ0n) is 10.1. The lowest BCUT2D eigenvalue weighted by molar-refractivity contribution is -0.484. The third-order valence-electron chi connectivity index (χ3n) is 3.03. The third-order valence-corrected chi connectivity index (χ3v) is 3.03. The lowest BCUT2D eigenvalue weighted by Crippen LogP contribution is -2.25. The second-order valence-electron chi connectivity index (χ2n) is 4.14. The van der Waals surface area contributed by atoms with Gasteiger partial charge in [0.15, 0.2) is 0 Å². The molecular weight excluding hydrogens is 218 g/mol. The summed E-state index contributed by atoms with van der Waals surface area (Å²) in [5, 5.41) is 10.7. The molecule has 17 heavy (non-hydrogen) atoms. The van der Waals surface area contributed by atoms with E-state index in [1.165, 1.54) is 0 Å². The van der Waals surface area contributed by atoms with Gasteiger partial charge in [-0.15, -0.1) is 0 Å². The molecule has 0 saturated carbocycles. The first-order valence-corrected chi connectivity index (χ1v) is 5.75. The van der Waals surface area contributed by atoms with Gasteiger partial charge in [0.1, 0.15) is 5.78 Å². The molecule has 4 heteroatoms. The molecule has 0 saturated heterocycles. The van der Waals surface area contributed by atoms with Gasteiger partial charge < -0.3 is 0 Å². The highest BCUT2D eigenvalue weighted by Gasteiger charge is 2.28. The summed E-state index contributed by atoms with van der Waals surface area (Å²) >= 11 is 0. The van der Waals surface area contributed by atoms with Crippen LogP contribution >= 0.6 is 0 Å². The molecule has 0 heterocycles. The van der Waals surface area contributed by atoms with Crippen molar-refractivity contribution < 1.29 is 9.72 Å². The number of carbonyl (C=O) groups excluding carboxylic acids is 1. The van der Waals surface area contributed by atoms with Crippen LogP contribution in [0.15, 0.2) is 30.3 Å². The van der Waals surface area contributed by atoms with Gasteiger partial charge >= 0.3 is 0 Å². The van der Waals surface area contributed by atoms with Crippen LogP contribution in [0.2, 0.25) is 0 Å². The maximum absolute atomic E-state index is 11.7. The van der Waals surface area contributed by atoms with Gasteiger partial charge in [-0.3, -0.25) is 14.9 Å². The molecular formula is C13H17NO3. The van der Waals surface area contributed by atoms with Crippen LogP contribution in [-0.4, -0.2) is 17.3 Å². The SMILES string of the molecule is CCC(=O)[C@H](C)[C@@H](C[N+](=O)[O-])c1ccccc1. The van der Waals surface area contributed by atoms with E-state index in [0.29, 0.717) is 6.42 Å². The van der Waals surface area contributed by atoms with Crippen LogP contribution in [0, 0.1) is 16.0 Å². The van der Waals surface area contributed by atoms with Crippen LogP contribution in [0.25, 0.3) is 0 Å². The molecule has 0 aromatic heterocycles. The minimum atomic E-state index is -0.350. The van der Waals surface area contributed by atoms with Crippen LogP contribution in [0.1, 0.15) is 31.7 Å². The number of hydrogen-bond donors (Lipinski definition) is 0. The highest BCUT2D eigenvalue weighted by molar-refractivity contribution is 5.81. The minimum Gasteiger partial charge on any atom is -0.299 e. The number of benzene rings is 1. The second kappa shape index (κ2) is 6.13. The molecule has 0 amide bonds. The van der Waals surface area contributed by atoms with Crippen LogP contribution in [0.5, 0.6) is 0 Å². The molecule has 0 N–H and O–H groups in total. The quantitative estimate of drug-likeness (QED) is 0.562. The van der Waals surface area contributed by atoms with Crippen molar-refractivity contribution in [2.45, 2.75) is 26.2 Å². The minimum absolute atomic E-state index is 0.0701. The van der Waals surface area contributed by atoms with E-state index < -0.39 is 0 Å². The summed E-state index contributed by atoms with van der Waals surface area (Å²) in [6.07, 6.45) is 0.419. The van der Waals surface area contributed by atoms with Gasteiger partial charge in [-0.05, 0) is 5.56 Å². The third kappa shape index (κ3) is 3.66. The number of carbonyl (C=O) groups is 1. The molecule has 0 spiro atoms. The van der Waals surface area contributed by atoms with Gasteiger partial charge in [0, 0.05) is 17.3 Å². The Morgan fingerprint density at radius 2 is 1.94 bits per heavy atom. The number of hydrogen-bond acceptors (Lipinski definition) is 3. The van der Waals surface area contributed by atoms with Crippen molar-refractivity contribution in [1.82, 2.24) is 0 Å². The zero-order chi connectivity index (χ0) is 12.8. The Bertz CT molecular complexity index is 389. The maximum atomic E-state index is 11.7. The molecule has 4 nitrogen and oxygen atoms in total. The summed E-state index contributed by atoms with van der Waals surface area (Å²) in [5.74, 6) is -0.577. The molecule has 1 aromatic rings. The fourth-order valence-electron chi connectivity index (χ4n) is 1.96. The zero-order valence-corrected chi connectivity index (χ0v) is 10.1. The number of nitrogens with zero attached hydrogens (tertiary/aromatic N) is 1. The van der Waals surface area contributed by atoms with Crippen LogP contribution in [-0.2, 0) is 4.79 Å². The number of rotatable bonds is 6. The molecule has 0 aliphatic heterocycles. The second-order valence-corrected chi connectivity index (χ2v) is 4.14. The topological polar surface area (TPSA) is 60.2 Å². The molecule has 0 unspecified atom stereocenters. The van der Waals surface area contributed by atoms with Crippen molar-refractivity contribution in [1.29, 1.82) is 0 Å². The van der Waals surface area contributed by atoms with Crippen LogP contribution in [0.3, 0.4) is 0 Å². The molecule has 0 radical (unpaired) electrons. The van der Waals surface area contributed by atoms with Gasteiger partial charge in [0.25, 0.3) is 0 Å². The van der Waals surface area contributed by atoms with Crippen molar-refractivity contribution in [3.63, 3.8) is 0 Å². The monoisotopic (exact) mass is 235 g/mol. The summed E-state index contributed by atoms with van der Waals surface area (Å²) in [6, 6.07) is 9.22. The Labute approximate surface area is 101 Å². The lowest BCUT2D eigenvalue weighted by Gasteiger charge is -2.19. The van der Waals surface area contributed by atoms with Crippen molar-refractivity contribution in [3.8, 4) is 0 Å². The molecule has 2 atom stereocenters. The van der Waals surface area contributed by atoms with E-state index in [0.717, 1.165) is 5.56 Å². The highest BCUT2D eigenvalue weighted by atomic mass is 16.6. The van der Waals surface area contributed by atoms with Gasteiger partial charge in [-0.1, -0.05) is 44.2 Å². The van der Waals surface area contributed by atoms with E-state index in [2.05, 4.69) is 0 Å². The summed E-state index contributed by atoms with van der Waals surface area (Å²) in [5.41, 5.74) is 0.860. The van der Waals surface area contributed by atoms with Crippen molar-refractivity contribution in [2.24, 2.45) is 5.92 Å². The predicted molar refractivity (Wildman–Crippen MR) is 65.5 cm³/mol. The van der Waals surface area contributed by atoms with E-state index in [4.69, 9.17) is 0 Å². The first-order chi connectivity index (χ1) is 8.06. The molecule has 1 rings (SSSR count). The average Bonchev–Trinajstić information content (AvgIpc) is 2.35. The van der Waals surface area contributed by atoms with Crippen LogP contribution in [0.4, 0.5) is 0 Å². The standard InChI is InChI=1S/C13H17NO3/c1-3-13(15)10(2)12(9-14(16)17)11-7-5-4-6-8-11/h4-8,10,12H,3,9H2,1-2H3/t10-,12-/m1/s1. The average molecular weight is 235 g/mol. The van der Waals surface area contributed by atoms with Gasteiger partial charge in [-0.2, -0.15) is 0 Å². The Balaban J connectivity index is 2.95. The molecule has 0 aliphatic rings. The first kappa shape index (κ1) is 13.4. The number of nitro groups is 1. The Hall–Kier alpha value is -1.71. The molecule has 0 aliphatic carbocycles. The maximum Gasteiger partial charge on any atom is 0.211 e. The summed E-state index contributed by atoms with van der Waals surface area (Å²) in [4.78, 5) is 22.0. The van der Waals surface area contributed by atoms with Gasteiger partial charge in [0.05, 0.1) is 5.92 Å². The highest BCUT2D eigenvalue weighted by Crippen LogP contribution is 2.26. The first-order valence-electron chi connectivity index (χ1n) is 5.75. The summed E-state index contributed by atoms with van der Waals surface area (Å²) in [7, 11) is 0. The molecule has 1 aromatic carbocycles. The summed E-state index contributed by atoms with van der Waals surface area (Å²) in [6.45, 7) is 3.36. The Morgan fingerprint density at radius 1 is 1.35 bits per heavy atom. The Morgan fingerprint density at radius 3 is 2.41 bits per heavy atom. The van der Waals surface area contributed by atoms with E-state index >= 15 is 0 Å². The number of ketones is 1. The van der Waals surface area contributed by atoms with E-state index in [1.807, 2.05) is 30.3 Å². The van der Waals surface area contributed by atoms with Crippen molar-refractivity contribution in [2.75, 3.05) is 6.54 Å². The van der Waals surface area contributed by atoms with E-state index in [9.17, 15) is 14.9 Å². The number of Topliss-reactive ketones (excluding diaryl/α,β-unsaturated/α-hetero) is 1. The largest absolute Gasteiger partial charge is 0.299 e. The van der Waals surface area contributed by atoms with E-state index in [-0.39, 0.29) is 29.1 Å². The fraction of sp³-hybridized carbons (Fsp3) is 0.462.